The summed E-state index contributed by atoms with van der Waals surface area (Å²) in [6, 6.07) is 8.35. The van der Waals surface area contributed by atoms with Crippen LogP contribution in [-0.2, 0) is 14.3 Å². The van der Waals surface area contributed by atoms with Crippen molar-refractivity contribution in [1.29, 1.82) is 0 Å². The predicted molar refractivity (Wildman–Crippen MR) is 149 cm³/mol. The molecule has 2 aromatic carbocycles. The highest BCUT2D eigenvalue weighted by atomic mass is 32.1. The van der Waals surface area contributed by atoms with Crippen molar-refractivity contribution in [3.63, 3.8) is 0 Å². The van der Waals surface area contributed by atoms with Crippen LogP contribution in [0.5, 0.6) is 17.2 Å². The zero-order valence-electron chi connectivity index (χ0n) is 22.8. The number of esters is 1. The molecular formula is C29H30N2O8S. The third-order valence-corrected chi connectivity index (χ3v) is 7.47. The summed E-state index contributed by atoms with van der Waals surface area (Å²) >= 11 is 0.899. The number of hydrogen-bond donors (Lipinski definition) is 2. The molecule has 0 saturated carbocycles. The van der Waals surface area contributed by atoms with Gasteiger partial charge in [-0.1, -0.05) is 24.3 Å². The molecule has 1 saturated heterocycles. The topological polar surface area (TPSA) is 135 Å². The number of thiazole rings is 1. The van der Waals surface area contributed by atoms with Crippen molar-refractivity contribution in [1.82, 2.24) is 4.98 Å². The van der Waals surface area contributed by atoms with Crippen LogP contribution in [0.1, 0.15) is 58.4 Å². The first-order valence-electron chi connectivity index (χ1n) is 12.7. The van der Waals surface area contributed by atoms with E-state index in [0.29, 0.717) is 34.7 Å². The number of aliphatic hydroxyl groups excluding tert-OH is 1. The summed E-state index contributed by atoms with van der Waals surface area (Å²) in [6.45, 7) is 7.89. The average molecular weight is 567 g/mol. The van der Waals surface area contributed by atoms with Gasteiger partial charge in [-0.3, -0.25) is 14.5 Å². The number of amides is 1. The van der Waals surface area contributed by atoms with Gasteiger partial charge in [-0.25, -0.2) is 9.78 Å². The van der Waals surface area contributed by atoms with E-state index in [2.05, 4.69) is 4.98 Å². The molecule has 4 rings (SSSR count). The molecule has 1 fully saturated rings. The van der Waals surface area contributed by atoms with E-state index < -0.39 is 23.7 Å². The summed E-state index contributed by atoms with van der Waals surface area (Å²) in [5, 5.41) is 21.9. The number of nitrogens with zero attached hydrogens (tertiary/aromatic N) is 2. The Morgan fingerprint density at radius 1 is 1.10 bits per heavy atom. The number of phenols is 1. The quantitative estimate of drug-likeness (QED) is 0.158. The minimum atomic E-state index is -1.13. The number of aromatic nitrogens is 1. The molecule has 0 aliphatic carbocycles. The van der Waals surface area contributed by atoms with Crippen molar-refractivity contribution in [2.24, 2.45) is 0 Å². The summed E-state index contributed by atoms with van der Waals surface area (Å²) in [6.07, 6.45) is 0.828. The van der Waals surface area contributed by atoms with E-state index in [0.717, 1.165) is 22.7 Å². The van der Waals surface area contributed by atoms with Gasteiger partial charge in [0.25, 0.3) is 5.78 Å². The van der Waals surface area contributed by atoms with E-state index in [1.807, 2.05) is 6.92 Å². The highest BCUT2D eigenvalue weighted by Gasteiger charge is 2.48. The first-order chi connectivity index (χ1) is 19.1. The lowest BCUT2D eigenvalue weighted by Crippen LogP contribution is -2.29. The third kappa shape index (κ3) is 5.24. The molecule has 2 N–H and O–H groups in total. The first-order valence-corrected chi connectivity index (χ1v) is 13.5. The van der Waals surface area contributed by atoms with Crippen LogP contribution in [-0.4, -0.2) is 53.2 Å². The zero-order valence-corrected chi connectivity index (χ0v) is 23.6. The number of ether oxygens (including phenoxy) is 3. The fraction of sp³-hybridized carbons (Fsp3) is 0.310. The molecule has 40 heavy (non-hydrogen) atoms. The lowest BCUT2D eigenvalue weighted by molar-refractivity contribution is -0.132. The van der Waals surface area contributed by atoms with Crippen molar-refractivity contribution >= 4 is 39.9 Å². The van der Waals surface area contributed by atoms with Crippen LogP contribution >= 0.6 is 11.3 Å². The molecule has 1 aliphatic heterocycles. The summed E-state index contributed by atoms with van der Waals surface area (Å²) < 4.78 is 16.1. The highest BCUT2D eigenvalue weighted by Crippen LogP contribution is 2.45. The van der Waals surface area contributed by atoms with Crippen molar-refractivity contribution in [3.05, 3.63) is 69.2 Å². The number of anilines is 1. The molecule has 0 bridgehead atoms. The molecule has 1 aliphatic rings. The lowest BCUT2D eigenvalue weighted by atomic mass is 9.93. The normalized spacial score (nSPS) is 16.3. The van der Waals surface area contributed by atoms with Crippen LogP contribution in [0.3, 0.4) is 0 Å². The summed E-state index contributed by atoms with van der Waals surface area (Å²) in [5.74, 6) is -2.23. The zero-order chi connectivity index (χ0) is 29.1. The second-order valence-electron chi connectivity index (χ2n) is 9.06. The van der Waals surface area contributed by atoms with Crippen LogP contribution in [0.2, 0.25) is 0 Å². The lowest BCUT2D eigenvalue weighted by Gasteiger charge is -2.24. The van der Waals surface area contributed by atoms with Crippen molar-refractivity contribution < 1.29 is 38.8 Å². The fourth-order valence-corrected chi connectivity index (χ4v) is 5.45. The van der Waals surface area contributed by atoms with Gasteiger partial charge in [0, 0.05) is 5.56 Å². The van der Waals surface area contributed by atoms with Gasteiger partial charge in [0.15, 0.2) is 16.6 Å². The van der Waals surface area contributed by atoms with Crippen LogP contribution in [0, 0.1) is 13.8 Å². The first kappa shape index (κ1) is 28.6. The number of aliphatic hydroxyl groups is 1. The molecule has 3 aromatic rings. The van der Waals surface area contributed by atoms with E-state index in [1.54, 1.807) is 39.0 Å². The van der Waals surface area contributed by atoms with E-state index in [4.69, 9.17) is 14.2 Å². The summed E-state index contributed by atoms with van der Waals surface area (Å²) in [5.41, 5.74) is 1.52. The molecule has 0 spiro atoms. The Bertz CT molecular complexity index is 1510. The molecule has 10 nitrogen and oxygen atoms in total. The Labute approximate surface area is 235 Å². The number of ketones is 1. The average Bonchev–Trinajstić information content (AvgIpc) is 3.44. The smallest absolute Gasteiger partial charge is 0.350 e. The van der Waals surface area contributed by atoms with Crippen LogP contribution in [0.25, 0.3) is 5.76 Å². The number of hydrogen-bond acceptors (Lipinski definition) is 10. The summed E-state index contributed by atoms with van der Waals surface area (Å²) in [4.78, 5) is 45.0. The monoisotopic (exact) mass is 566 g/mol. The molecule has 1 atom stereocenters. The van der Waals surface area contributed by atoms with Crippen molar-refractivity contribution in [2.45, 2.75) is 40.2 Å². The Kier molecular flexibility index (Phi) is 8.43. The minimum absolute atomic E-state index is 0.0788. The predicted octanol–water partition coefficient (Wildman–Crippen LogP) is 5.07. The van der Waals surface area contributed by atoms with Crippen LogP contribution in [0.4, 0.5) is 5.13 Å². The van der Waals surface area contributed by atoms with Gasteiger partial charge in [0.2, 0.25) is 0 Å². The number of benzene rings is 2. The Hall–Kier alpha value is -4.38. The number of rotatable bonds is 9. The number of phenolic OH excluding ortho intramolecular Hbond substituents is 1. The summed E-state index contributed by atoms with van der Waals surface area (Å²) in [7, 11) is 1.24. The molecule has 1 unspecified atom stereocenters. The third-order valence-electron chi connectivity index (χ3n) is 6.33. The van der Waals surface area contributed by atoms with Crippen molar-refractivity contribution in [2.75, 3.05) is 25.2 Å². The maximum absolute atomic E-state index is 13.5. The van der Waals surface area contributed by atoms with Crippen molar-refractivity contribution in [3.8, 4) is 17.2 Å². The molecule has 0 radical (unpaired) electrons. The van der Waals surface area contributed by atoms with Crippen LogP contribution < -0.4 is 14.4 Å². The fourth-order valence-electron chi connectivity index (χ4n) is 4.44. The van der Waals surface area contributed by atoms with Gasteiger partial charge < -0.3 is 24.4 Å². The van der Waals surface area contributed by atoms with E-state index in [-0.39, 0.29) is 39.4 Å². The van der Waals surface area contributed by atoms with Gasteiger partial charge in [-0.05, 0) is 68.7 Å². The highest BCUT2D eigenvalue weighted by molar-refractivity contribution is 7.17. The Morgan fingerprint density at radius 2 is 1.85 bits per heavy atom. The number of aryl methyl sites for hydroxylation is 2. The SMILES string of the molecule is CCCOc1ccc(/C(O)=C2/C(=O)C(=O)N(c3nc(C)c(C(=O)OC)s3)C2c2ccc(O)c(OCC)c2)c(C)c1. The number of carbonyl (C=O) groups excluding carboxylic acids is 3. The molecule has 2 heterocycles. The second kappa shape index (κ2) is 11.8. The molecular weight excluding hydrogens is 536 g/mol. The van der Waals surface area contributed by atoms with Gasteiger partial charge in [-0.2, -0.15) is 0 Å². The van der Waals surface area contributed by atoms with Crippen LogP contribution in [0.15, 0.2) is 42.0 Å². The number of carbonyl (C=O) groups is 3. The molecule has 1 amide bonds. The second-order valence-corrected chi connectivity index (χ2v) is 10.0. The van der Waals surface area contributed by atoms with Gasteiger partial charge in [-0.15, -0.1) is 0 Å². The molecule has 1 aromatic heterocycles. The number of methoxy groups -OCH3 is 1. The van der Waals surface area contributed by atoms with Gasteiger partial charge in [0.1, 0.15) is 16.4 Å². The van der Waals surface area contributed by atoms with Gasteiger partial charge in [0.05, 0.1) is 37.6 Å². The maximum atomic E-state index is 13.5. The van der Waals surface area contributed by atoms with Gasteiger partial charge >= 0.3 is 11.9 Å². The minimum Gasteiger partial charge on any atom is -0.507 e. The maximum Gasteiger partial charge on any atom is 0.350 e. The molecule has 11 heteroatoms. The number of Topliss-reactive ketones (excluding diaryl/α,β-unsaturated/α-hetero) is 1. The van der Waals surface area contributed by atoms with E-state index in [1.165, 1.54) is 25.3 Å². The van der Waals surface area contributed by atoms with E-state index in [9.17, 15) is 24.6 Å². The Balaban J connectivity index is 1.93. The molecule has 210 valence electrons. The van der Waals surface area contributed by atoms with E-state index >= 15 is 0 Å². The standard InChI is InChI=1S/C29H30N2O8S/c1-6-12-39-18-9-10-19(15(3)13-18)24(33)22-23(17-8-11-20(32)21(14-17)38-7-2)31(27(35)25(22)34)29-30-16(4)26(40-29)28(36)37-5/h8-11,13-14,23,32-33H,6-7,12H2,1-5H3/b24-22-. The largest absolute Gasteiger partial charge is 0.507 e. The Morgan fingerprint density at radius 3 is 2.50 bits per heavy atom. The number of aromatic hydroxyl groups is 1.